The van der Waals surface area contributed by atoms with Crippen LogP contribution in [0.4, 0.5) is 0 Å². The molecule has 1 fully saturated rings. The Hall–Kier alpha value is -1.26. The number of aliphatic imine (C=N–C) groups is 1. The summed E-state index contributed by atoms with van der Waals surface area (Å²) in [5.41, 5.74) is 10.0. The first-order valence-corrected chi connectivity index (χ1v) is 3.43. The van der Waals surface area contributed by atoms with Gasteiger partial charge in [0.15, 0.2) is 5.96 Å². The number of nitrogens with zero attached hydrogens (tertiary/aromatic N) is 1. The Bertz CT molecular complexity index is 182. The highest BCUT2D eigenvalue weighted by Gasteiger charge is 2.25. The molecule has 0 radical (unpaired) electrons. The van der Waals surface area contributed by atoms with Crippen molar-refractivity contribution in [3.8, 4) is 0 Å². The molecule has 0 atom stereocenters. The van der Waals surface area contributed by atoms with Gasteiger partial charge in [0, 0.05) is 0 Å². The van der Waals surface area contributed by atoms with Crippen molar-refractivity contribution in [1.82, 2.24) is 0 Å². The molecule has 0 aliphatic heterocycles. The minimum absolute atomic E-state index is 0.0706. The van der Waals surface area contributed by atoms with Gasteiger partial charge >= 0.3 is 5.97 Å². The van der Waals surface area contributed by atoms with E-state index in [9.17, 15) is 4.79 Å². The van der Waals surface area contributed by atoms with Crippen molar-refractivity contribution in [2.45, 2.75) is 18.9 Å². The predicted octanol–water partition coefficient (Wildman–Crippen LogP) is -1.03. The van der Waals surface area contributed by atoms with Crippen LogP contribution in [-0.4, -0.2) is 24.6 Å². The van der Waals surface area contributed by atoms with Crippen molar-refractivity contribution in [3.63, 3.8) is 0 Å². The Morgan fingerprint density at radius 2 is 2.18 bits per heavy atom. The van der Waals surface area contributed by atoms with E-state index in [0.717, 1.165) is 12.8 Å². The predicted molar refractivity (Wildman–Crippen MR) is 39.8 cm³/mol. The Morgan fingerprint density at radius 1 is 1.55 bits per heavy atom. The van der Waals surface area contributed by atoms with Gasteiger partial charge in [-0.2, -0.15) is 0 Å². The fraction of sp³-hybridized carbons (Fsp3) is 0.667. The molecule has 0 unspecified atom stereocenters. The van der Waals surface area contributed by atoms with Gasteiger partial charge in [-0.25, -0.2) is 4.99 Å². The average Bonchev–Trinajstić information content (AvgIpc) is 2.67. The molecule has 0 aromatic heterocycles. The van der Waals surface area contributed by atoms with E-state index in [4.69, 9.17) is 16.2 Å². The SMILES string of the molecule is NC(N)=NCC(=O)OC1CC1. The lowest BCUT2D eigenvalue weighted by molar-refractivity contribution is -0.143. The molecule has 4 N–H and O–H groups in total. The van der Waals surface area contributed by atoms with Gasteiger partial charge in [0.1, 0.15) is 12.6 Å². The van der Waals surface area contributed by atoms with Crippen molar-refractivity contribution in [1.29, 1.82) is 0 Å². The summed E-state index contributed by atoms with van der Waals surface area (Å²) in [6, 6.07) is 0. The molecule has 0 bridgehead atoms. The van der Waals surface area contributed by atoms with E-state index < -0.39 is 0 Å². The van der Waals surface area contributed by atoms with Gasteiger partial charge < -0.3 is 16.2 Å². The Labute approximate surface area is 64.4 Å². The Kier molecular flexibility index (Phi) is 2.30. The van der Waals surface area contributed by atoms with Crippen LogP contribution in [0.25, 0.3) is 0 Å². The Balaban J connectivity index is 2.14. The molecule has 0 aromatic carbocycles. The van der Waals surface area contributed by atoms with Crippen molar-refractivity contribution in [2.75, 3.05) is 6.54 Å². The third-order valence-electron chi connectivity index (χ3n) is 1.21. The minimum Gasteiger partial charge on any atom is -0.461 e. The van der Waals surface area contributed by atoms with Gasteiger partial charge in [-0.15, -0.1) is 0 Å². The number of hydrogen-bond donors (Lipinski definition) is 2. The second kappa shape index (κ2) is 3.23. The van der Waals surface area contributed by atoms with E-state index in [1.807, 2.05) is 0 Å². The number of carbonyl (C=O) groups is 1. The molecule has 1 rings (SSSR count). The maximum Gasteiger partial charge on any atom is 0.328 e. The highest BCUT2D eigenvalue weighted by Crippen LogP contribution is 2.23. The second-order valence-corrected chi connectivity index (χ2v) is 2.43. The summed E-state index contributed by atoms with van der Waals surface area (Å²) in [6.45, 7) is -0.0706. The van der Waals surface area contributed by atoms with E-state index in [-0.39, 0.29) is 24.6 Å². The van der Waals surface area contributed by atoms with Crippen LogP contribution >= 0.6 is 0 Å². The van der Waals surface area contributed by atoms with Crippen LogP contribution in [0.1, 0.15) is 12.8 Å². The number of hydrogen-bond acceptors (Lipinski definition) is 3. The van der Waals surface area contributed by atoms with Crippen molar-refractivity contribution in [3.05, 3.63) is 0 Å². The zero-order chi connectivity index (χ0) is 8.27. The smallest absolute Gasteiger partial charge is 0.328 e. The molecule has 5 heteroatoms. The van der Waals surface area contributed by atoms with Crippen molar-refractivity contribution in [2.24, 2.45) is 16.5 Å². The van der Waals surface area contributed by atoms with Crippen LogP contribution in [0.2, 0.25) is 0 Å². The first-order chi connectivity index (χ1) is 5.18. The average molecular weight is 157 g/mol. The van der Waals surface area contributed by atoms with Gasteiger partial charge in [0.2, 0.25) is 0 Å². The fourth-order valence-electron chi connectivity index (χ4n) is 0.565. The maximum atomic E-state index is 10.8. The highest BCUT2D eigenvalue weighted by atomic mass is 16.5. The maximum absolute atomic E-state index is 10.8. The quantitative estimate of drug-likeness (QED) is 0.311. The summed E-state index contributed by atoms with van der Waals surface area (Å²) in [4.78, 5) is 14.3. The van der Waals surface area contributed by atoms with Crippen LogP contribution < -0.4 is 11.5 Å². The van der Waals surface area contributed by atoms with E-state index in [0.29, 0.717) is 0 Å². The van der Waals surface area contributed by atoms with Crippen LogP contribution in [-0.2, 0) is 9.53 Å². The number of nitrogens with two attached hydrogens (primary N) is 2. The summed E-state index contributed by atoms with van der Waals surface area (Å²) < 4.78 is 4.85. The third-order valence-corrected chi connectivity index (χ3v) is 1.21. The monoisotopic (exact) mass is 157 g/mol. The molecule has 11 heavy (non-hydrogen) atoms. The summed E-state index contributed by atoms with van der Waals surface area (Å²) >= 11 is 0. The zero-order valence-corrected chi connectivity index (χ0v) is 6.12. The summed E-state index contributed by atoms with van der Waals surface area (Å²) in [5.74, 6) is -0.446. The molecule has 0 amide bonds. The molecule has 1 aliphatic rings. The normalized spacial score (nSPS) is 15.6. The molecule has 5 nitrogen and oxygen atoms in total. The van der Waals surface area contributed by atoms with Crippen LogP contribution in [0.5, 0.6) is 0 Å². The van der Waals surface area contributed by atoms with E-state index in [1.54, 1.807) is 0 Å². The zero-order valence-electron chi connectivity index (χ0n) is 6.12. The molecule has 0 heterocycles. The van der Waals surface area contributed by atoms with Gasteiger partial charge in [0.25, 0.3) is 0 Å². The molecular weight excluding hydrogens is 146 g/mol. The molecule has 62 valence electrons. The van der Waals surface area contributed by atoms with Crippen LogP contribution in [0.3, 0.4) is 0 Å². The summed E-state index contributed by atoms with van der Waals surface area (Å²) in [6.07, 6.45) is 2.05. The van der Waals surface area contributed by atoms with Gasteiger partial charge in [-0.05, 0) is 12.8 Å². The standard InChI is InChI=1S/C6H11N3O2/c7-6(8)9-3-5(10)11-4-1-2-4/h4H,1-3H2,(H4,7,8,9). The van der Waals surface area contributed by atoms with E-state index >= 15 is 0 Å². The van der Waals surface area contributed by atoms with Gasteiger partial charge in [0.05, 0.1) is 0 Å². The number of carbonyl (C=O) groups excluding carboxylic acids is 1. The topological polar surface area (TPSA) is 90.7 Å². The van der Waals surface area contributed by atoms with E-state index in [2.05, 4.69) is 4.99 Å². The number of guanidine groups is 1. The van der Waals surface area contributed by atoms with Crippen LogP contribution in [0.15, 0.2) is 4.99 Å². The van der Waals surface area contributed by atoms with Gasteiger partial charge in [-0.1, -0.05) is 0 Å². The van der Waals surface area contributed by atoms with Crippen molar-refractivity contribution < 1.29 is 9.53 Å². The number of rotatable bonds is 3. The third kappa shape index (κ3) is 3.44. The second-order valence-electron chi connectivity index (χ2n) is 2.43. The first-order valence-electron chi connectivity index (χ1n) is 3.43. The van der Waals surface area contributed by atoms with Crippen molar-refractivity contribution >= 4 is 11.9 Å². The lowest BCUT2D eigenvalue weighted by atomic mass is 10.6. The fourth-order valence-corrected chi connectivity index (χ4v) is 0.565. The lowest BCUT2D eigenvalue weighted by Gasteiger charge is -1.98. The molecule has 0 spiro atoms. The largest absolute Gasteiger partial charge is 0.461 e. The molecule has 1 saturated carbocycles. The summed E-state index contributed by atoms with van der Waals surface area (Å²) in [5, 5.41) is 0. The van der Waals surface area contributed by atoms with Crippen LogP contribution in [0, 0.1) is 0 Å². The highest BCUT2D eigenvalue weighted by molar-refractivity contribution is 5.80. The van der Waals surface area contributed by atoms with E-state index in [1.165, 1.54) is 0 Å². The van der Waals surface area contributed by atoms with Gasteiger partial charge in [-0.3, -0.25) is 4.79 Å². The molecular formula is C6H11N3O2. The number of ether oxygens (including phenoxy) is 1. The molecule has 0 aromatic rings. The number of esters is 1. The molecule has 1 aliphatic carbocycles. The Morgan fingerprint density at radius 3 is 2.64 bits per heavy atom. The molecule has 0 saturated heterocycles. The minimum atomic E-state index is -0.360. The lowest BCUT2D eigenvalue weighted by Crippen LogP contribution is -2.24. The first kappa shape index (κ1) is 7.84. The summed E-state index contributed by atoms with van der Waals surface area (Å²) in [7, 11) is 0.